The summed E-state index contributed by atoms with van der Waals surface area (Å²) in [4.78, 5) is 14.1. The highest BCUT2D eigenvalue weighted by Gasteiger charge is 2.28. The second-order valence-electron chi connectivity index (χ2n) is 6.29. The van der Waals surface area contributed by atoms with Gasteiger partial charge in [0.1, 0.15) is 5.75 Å². The molecular weight excluding hydrogens is 262 g/mol. The number of benzene rings is 2. The van der Waals surface area contributed by atoms with Crippen molar-refractivity contribution in [3.63, 3.8) is 0 Å². The Hall–Kier alpha value is -2.29. The molecule has 108 valence electrons. The lowest BCUT2D eigenvalue weighted by Crippen LogP contribution is -2.35. The Morgan fingerprint density at radius 3 is 2.43 bits per heavy atom. The lowest BCUT2D eigenvalue weighted by atomic mass is 9.86. The minimum atomic E-state index is -0.0419. The smallest absolute Gasteiger partial charge is 0.269 e. The fourth-order valence-electron chi connectivity index (χ4n) is 2.48. The van der Waals surface area contributed by atoms with Crippen molar-refractivity contribution in [2.45, 2.75) is 26.2 Å². The van der Waals surface area contributed by atoms with Crippen LogP contribution >= 0.6 is 0 Å². The standard InChI is InChI=1S/C18H19NO2/c1-18(2,3)13-9-10-16-15(11-13)19(17(20)12-21-16)14-7-5-4-6-8-14/h4-11H,12H2,1-3H3. The van der Waals surface area contributed by atoms with Gasteiger partial charge in [0.25, 0.3) is 5.91 Å². The van der Waals surface area contributed by atoms with Crippen molar-refractivity contribution in [3.05, 3.63) is 54.1 Å². The first-order chi connectivity index (χ1) is 9.97. The van der Waals surface area contributed by atoms with Crippen LogP contribution in [0.1, 0.15) is 26.3 Å². The number of hydrogen-bond acceptors (Lipinski definition) is 2. The molecule has 0 atom stereocenters. The lowest BCUT2D eigenvalue weighted by molar-refractivity contribution is -0.120. The molecule has 0 saturated carbocycles. The minimum Gasteiger partial charge on any atom is -0.482 e. The van der Waals surface area contributed by atoms with Crippen molar-refractivity contribution >= 4 is 17.3 Å². The zero-order valence-electron chi connectivity index (χ0n) is 12.6. The Bertz CT molecular complexity index is 671. The summed E-state index contributed by atoms with van der Waals surface area (Å²) in [6.45, 7) is 6.56. The zero-order chi connectivity index (χ0) is 15.0. The molecule has 1 amide bonds. The van der Waals surface area contributed by atoms with Crippen LogP contribution in [0.5, 0.6) is 5.75 Å². The molecule has 0 saturated heterocycles. The minimum absolute atomic E-state index is 0.0257. The number of nitrogens with zero attached hydrogens (tertiary/aromatic N) is 1. The Morgan fingerprint density at radius 2 is 1.76 bits per heavy atom. The van der Waals surface area contributed by atoms with E-state index >= 15 is 0 Å². The largest absolute Gasteiger partial charge is 0.482 e. The third-order valence-electron chi connectivity index (χ3n) is 3.68. The number of ether oxygens (including phenoxy) is 1. The van der Waals surface area contributed by atoms with Crippen LogP contribution in [-0.2, 0) is 10.2 Å². The molecule has 21 heavy (non-hydrogen) atoms. The van der Waals surface area contributed by atoms with Gasteiger partial charge >= 0.3 is 0 Å². The van der Waals surface area contributed by atoms with Crippen LogP contribution in [0.15, 0.2) is 48.5 Å². The van der Waals surface area contributed by atoms with Gasteiger partial charge in [0, 0.05) is 5.69 Å². The van der Waals surface area contributed by atoms with Crippen molar-refractivity contribution < 1.29 is 9.53 Å². The van der Waals surface area contributed by atoms with Crippen LogP contribution in [0, 0.1) is 0 Å². The van der Waals surface area contributed by atoms with E-state index in [2.05, 4.69) is 32.9 Å². The Labute approximate surface area is 125 Å². The van der Waals surface area contributed by atoms with E-state index in [0.29, 0.717) is 0 Å². The average Bonchev–Trinajstić information content (AvgIpc) is 2.46. The fraction of sp³-hybridized carbons (Fsp3) is 0.278. The van der Waals surface area contributed by atoms with Gasteiger partial charge in [0.15, 0.2) is 6.61 Å². The van der Waals surface area contributed by atoms with Gasteiger partial charge in [-0.15, -0.1) is 0 Å². The Balaban J connectivity index is 2.14. The zero-order valence-corrected chi connectivity index (χ0v) is 12.6. The average molecular weight is 281 g/mol. The quantitative estimate of drug-likeness (QED) is 0.789. The predicted octanol–water partition coefficient (Wildman–Crippen LogP) is 4.04. The lowest BCUT2D eigenvalue weighted by Gasteiger charge is -2.31. The number of para-hydroxylation sites is 1. The highest BCUT2D eigenvalue weighted by atomic mass is 16.5. The van der Waals surface area contributed by atoms with E-state index in [4.69, 9.17) is 4.74 Å². The number of rotatable bonds is 1. The summed E-state index contributed by atoms with van der Waals surface area (Å²) in [5, 5.41) is 0. The van der Waals surface area contributed by atoms with E-state index < -0.39 is 0 Å². The van der Waals surface area contributed by atoms with Gasteiger partial charge in [-0.05, 0) is 35.2 Å². The molecule has 0 N–H and O–H groups in total. The predicted molar refractivity (Wildman–Crippen MR) is 84.2 cm³/mol. The molecule has 1 aliphatic heterocycles. The van der Waals surface area contributed by atoms with E-state index in [-0.39, 0.29) is 17.9 Å². The second kappa shape index (κ2) is 4.92. The highest BCUT2D eigenvalue weighted by molar-refractivity contribution is 6.04. The van der Waals surface area contributed by atoms with Gasteiger partial charge in [-0.2, -0.15) is 0 Å². The second-order valence-corrected chi connectivity index (χ2v) is 6.29. The summed E-state index contributed by atoms with van der Waals surface area (Å²) in [6.07, 6.45) is 0. The summed E-state index contributed by atoms with van der Waals surface area (Å²) in [7, 11) is 0. The normalized spacial score (nSPS) is 14.6. The molecule has 1 heterocycles. The summed E-state index contributed by atoms with van der Waals surface area (Å²) < 4.78 is 5.56. The number of amides is 1. The molecule has 0 bridgehead atoms. The van der Waals surface area contributed by atoms with Gasteiger partial charge in [-0.3, -0.25) is 9.69 Å². The van der Waals surface area contributed by atoms with Gasteiger partial charge in [-0.25, -0.2) is 0 Å². The molecule has 3 rings (SSSR count). The molecule has 0 fully saturated rings. The van der Waals surface area contributed by atoms with E-state index in [1.807, 2.05) is 36.4 Å². The number of anilines is 2. The molecular formula is C18H19NO2. The molecule has 0 radical (unpaired) electrons. The first-order valence-corrected chi connectivity index (χ1v) is 7.12. The van der Waals surface area contributed by atoms with Crippen molar-refractivity contribution in [1.29, 1.82) is 0 Å². The Morgan fingerprint density at radius 1 is 1.05 bits per heavy atom. The number of carbonyl (C=O) groups excluding carboxylic acids is 1. The molecule has 2 aromatic carbocycles. The maximum atomic E-state index is 12.3. The van der Waals surface area contributed by atoms with Crippen LogP contribution in [0.2, 0.25) is 0 Å². The fourth-order valence-corrected chi connectivity index (χ4v) is 2.48. The van der Waals surface area contributed by atoms with E-state index in [1.54, 1.807) is 4.90 Å². The van der Waals surface area contributed by atoms with Crippen molar-refractivity contribution in [2.75, 3.05) is 11.5 Å². The molecule has 0 aliphatic carbocycles. The molecule has 3 nitrogen and oxygen atoms in total. The molecule has 3 heteroatoms. The van der Waals surface area contributed by atoms with Crippen LogP contribution in [0.25, 0.3) is 0 Å². The van der Waals surface area contributed by atoms with Crippen LogP contribution in [0.3, 0.4) is 0 Å². The highest BCUT2D eigenvalue weighted by Crippen LogP contribution is 2.39. The first kappa shape index (κ1) is 13.7. The van der Waals surface area contributed by atoms with Crippen LogP contribution in [0.4, 0.5) is 11.4 Å². The maximum Gasteiger partial charge on any atom is 0.269 e. The molecule has 0 aromatic heterocycles. The topological polar surface area (TPSA) is 29.5 Å². The van der Waals surface area contributed by atoms with E-state index in [0.717, 1.165) is 17.1 Å². The maximum absolute atomic E-state index is 12.3. The number of fused-ring (bicyclic) bond motifs is 1. The molecule has 2 aromatic rings. The van der Waals surface area contributed by atoms with Gasteiger partial charge in [-0.1, -0.05) is 45.0 Å². The van der Waals surface area contributed by atoms with Crippen LogP contribution in [-0.4, -0.2) is 12.5 Å². The third kappa shape index (κ3) is 2.51. The molecule has 0 spiro atoms. The van der Waals surface area contributed by atoms with Crippen molar-refractivity contribution in [3.8, 4) is 5.75 Å². The number of carbonyl (C=O) groups is 1. The van der Waals surface area contributed by atoms with E-state index in [9.17, 15) is 4.79 Å². The third-order valence-corrected chi connectivity index (χ3v) is 3.68. The van der Waals surface area contributed by atoms with Crippen molar-refractivity contribution in [1.82, 2.24) is 0 Å². The summed E-state index contributed by atoms with van der Waals surface area (Å²) in [5.41, 5.74) is 2.90. The van der Waals surface area contributed by atoms with E-state index in [1.165, 1.54) is 5.56 Å². The summed E-state index contributed by atoms with van der Waals surface area (Å²) in [6, 6.07) is 15.8. The summed E-state index contributed by atoms with van der Waals surface area (Å²) >= 11 is 0. The summed E-state index contributed by atoms with van der Waals surface area (Å²) in [5.74, 6) is 0.714. The first-order valence-electron chi connectivity index (χ1n) is 7.12. The van der Waals surface area contributed by atoms with Gasteiger partial charge in [0.2, 0.25) is 0 Å². The van der Waals surface area contributed by atoms with Crippen LogP contribution < -0.4 is 9.64 Å². The van der Waals surface area contributed by atoms with Gasteiger partial charge in [0.05, 0.1) is 5.69 Å². The van der Waals surface area contributed by atoms with Gasteiger partial charge < -0.3 is 4.74 Å². The number of hydrogen-bond donors (Lipinski definition) is 0. The molecule has 1 aliphatic rings. The Kier molecular flexibility index (Phi) is 3.20. The molecule has 0 unspecified atom stereocenters. The van der Waals surface area contributed by atoms with Crippen molar-refractivity contribution in [2.24, 2.45) is 0 Å². The monoisotopic (exact) mass is 281 g/mol. The SMILES string of the molecule is CC(C)(C)c1ccc2c(c1)N(c1ccccc1)C(=O)CO2.